The minimum Gasteiger partial charge on any atom is -0.467 e. The van der Waals surface area contributed by atoms with E-state index in [4.69, 9.17) is 4.42 Å². The molecule has 1 aromatic heterocycles. The zero-order chi connectivity index (χ0) is 13.9. The minimum atomic E-state index is -0.0586. The standard InChI is InChI=1S/C14H19N3O3/c18-13-4-3-10-9-17(6-5-12(10)16-13)14(19)15-8-11-2-1-7-20-11/h1-2,7,10,12H,3-6,8-9H2,(H,15,19)(H,16,18). The minimum absolute atomic E-state index is 0.0586. The Morgan fingerprint density at radius 2 is 2.40 bits per heavy atom. The van der Waals surface area contributed by atoms with Crippen molar-refractivity contribution in [2.75, 3.05) is 13.1 Å². The fourth-order valence-electron chi connectivity index (χ4n) is 2.98. The molecule has 2 aliphatic rings. The number of urea groups is 1. The highest BCUT2D eigenvalue weighted by Gasteiger charge is 2.35. The largest absolute Gasteiger partial charge is 0.467 e. The molecule has 1 aromatic rings. The molecule has 0 spiro atoms. The molecule has 3 amide bonds. The van der Waals surface area contributed by atoms with Crippen molar-refractivity contribution in [3.05, 3.63) is 24.2 Å². The maximum Gasteiger partial charge on any atom is 0.317 e. The molecule has 3 heterocycles. The average molecular weight is 277 g/mol. The summed E-state index contributed by atoms with van der Waals surface area (Å²) in [5, 5.41) is 5.88. The van der Waals surface area contributed by atoms with Gasteiger partial charge in [-0.1, -0.05) is 0 Å². The number of fused-ring (bicyclic) bond motifs is 1. The van der Waals surface area contributed by atoms with Gasteiger partial charge in [0.15, 0.2) is 0 Å². The first-order valence-corrected chi connectivity index (χ1v) is 7.07. The maximum atomic E-state index is 12.1. The molecule has 0 radical (unpaired) electrons. The number of likely N-dealkylation sites (tertiary alicyclic amines) is 1. The number of nitrogens with zero attached hydrogens (tertiary/aromatic N) is 1. The van der Waals surface area contributed by atoms with Gasteiger partial charge in [-0.15, -0.1) is 0 Å². The monoisotopic (exact) mass is 277 g/mol. The number of piperidine rings is 2. The molecule has 2 unspecified atom stereocenters. The van der Waals surface area contributed by atoms with E-state index < -0.39 is 0 Å². The molecule has 2 aliphatic heterocycles. The van der Waals surface area contributed by atoms with Crippen molar-refractivity contribution in [1.82, 2.24) is 15.5 Å². The van der Waals surface area contributed by atoms with E-state index in [9.17, 15) is 9.59 Å². The summed E-state index contributed by atoms with van der Waals surface area (Å²) in [5.74, 6) is 1.27. The van der Waals surface area contributed by atoms with Crippen LogP contribution in [0, 0.1) is 5.92 Å². The van der Waals surface area contributed by atoms with Gasteiger partial charge in [0.2, 0.25) is 5.91 Å². The second-order valence-corrected chi connectivity index (χ2v) is 5.45. The molecule has 2 fully saturated rings. The topological polar surface area (TPSA) is 74.6 Å². The second-order valence-electron chi connectivity index (χ2n) is 5.45. The molecule has 0 bridgehead atoms. The van der Waals surface area contributed by atoms with Crippen LogP contribution in [0.25, 0.3) is 0 Å². The Kier molecular flexibility index (Phi) is 3.62. The molecule has 0 saturated carbocycles. The number of furan rings is 1. The van der Waals surface area contributed by atoms with Crippen LogP contribution in [-0.4, -0.2) is 36.0 Å². The Hall–Kier alpha value is -1.98. The lowest BCUT2D eigenvalue weighted by molar-refractivity contribution is -0.125. The van der Waals surface area contributed by atoms with Crippen LogP contribution in [0.15, 0.2) is 22.8 Å². The van der Waals surface area contributed by atoms with Crippen molar-refractivity contribution in [3.63, 3.8) is 0 Å². The highest BCUT2D eigenvalue weighted by Crippen LogP contribution is 2.25. The molecule has 2 N–H and O–H groups in total. The molecule has 0 aliphatic carbocycles. The molecular weight excluding hydrogens is 258 g/mol. The van der Waals surface area contributed by atoms with Gasteiger partial charge in [-0.2, -0.15) is 0 Å². The summed E-state index contributed by atoms with van der Waals surface area (Å²) in [6.45, 7) is 1.81. The van der Waals surface area contributed by atoms with Gasteiger partial charge in [0.1, 0.15) is 5.76 Å². The van der Waals surface area contributed by atoms with Gasteiger partial charge in [0.25, 0.3) is 0 Å². The normalized spacial score (nSPS) is 25.8. The average Bonchev–Trinajstić information content (AvgIpc) is 2.97. The highest BCUT2D eigenvalue weighted by atomic mass is 16.3. The van der Waals surface area contributed by atoms with Gasteiger partial charge in [-0.3, -0.25) is 4.79 Å². The summed E-state index contributed by atoms with van der Waals surface area (Å²) in [4.78, 5) is 25.3. The summed E-state index contributed by atoms with van der Waals surface area (Å²) in [7, 11) is 0. The predicted octanol–water partition coefficient (Wildman–Crippen LogP) is 1.09. The molecule has 2 saturated heterocycles. The van der Waals surface area contributed by atoms with Gasteiger partial charge >= 0.3 is 6.03 Å². The van der Waals surface area contributed by atoms with Crippen LogP contribution < -0.4 is 10.6 Å². The van der Waals surface area contributed by atoms with Crippen LogP contribution in [0.5, 0.6) is 0 Å². The number of hydrogen-bond donors (Lipinski definition) is 2. The number of amides is 3. The Morgan fingerprint density at radius 3 is 3.20 bits per heavy atom. The van der Waals surface area contributed by atoms with E-state index in [0.29, 0.717) is 25.4 Å². The van der Waals surface area contributed by atoms with Crippen molar-refractivity contribution < 1.29 is 14.0 Å². The third kappa shape index (κ3) is 2.79. The van der Waals surface area contributed by atoms with Crippen LogP contribution in [-0.2, 0) is 11.3 Å². The number of hydrogen-bond acceptors (Lipinski definition) is 3. The first-order valence-electron chi connectivity index (χ1n) is 7.07. The number of carbonyl (C=O) groups excluding carboxylic acids is 2. The lowest BCUT2D eigenvalue weighted by Crippen LogP contribution is -2.56. The van der Waals surface area contributed by atoms with Crippen molar-refractivity contribution in [1.29, 1.82) is 0 Å². The van der Waals surface area contributed by atoms with Gasteiger partial charge in [-0.25, -0.2) is 4.79 Å². The van der Waals surface area contributed by atoms with Crippen LogP contribution in [0.2, 0.25) is 0 Å². The van der Waals surface area contributed by atoms with Crippen molar-refractivity contribution in [3.8, 4) is 0 Å². The number of rotatable bonds is 2. The van der Waals surface area contributed by atoms with Crippen molar-refractivity contribution in [2.24, 2.45) is 5.92 Å². The van der Waals surface area contributed by atoms with Crippen LogP contribution in [0.4, 0.5) is 4.79 Å². The van der Waals surface area contributed by atoms with E-state index in [0.717, 1.165) is 25.1 Å². The van der Waals surface area contributed by atoms with Gasteiger partial charge in [0.05, 0.1) is 12.8 Å². The Morgan fingerprint density at radius 1 is 1.50 bits per heavy atom. The summed E-state index contributed by atoms with van der Waals surface area (Å²) >= 11 is 0. The van der Waals surface area contributed by atoms with E-state index in [1.165, 1.54) is 0 Å². The third-order valence-corrected chi connectivity index (χ3v) is 4.10. The second kappa shape index (κ2) is 5.56. The van der Waals surface area contributed by atoms with Gasteiger partial charge in [0, 0.05) is 25.6 Å². The van der Waals surface area contributed by atoms with Gasteiger partial charge in [-0.05, 0) is 30.9 Å². The molecule has 6 heteroatoms. The molecule has 20 heavy (non-hydrogen) atoms. The fourth-order valence-corrected chi connectivity index (χ4v) is 2.98. The predicted molar refractivity (Wildman–Crippen MR) is 71.8 cm³/mol. The van der Waals surface area contributed by atoms with E-state index >= 15 is 0 Å². The zero-order valence-corrected chi connectivity index (χ0v) is 11.3. The van der Waals surface area contributed by atoms with Crippen molar-refractivity contribution >= 4 is 11.9 Å². The van der Waals surface area contributed by atoms with Crippen LogP contribution in [0.3, 0.4) is 0 Å². The van der Waals surface area contributed by atoms with E-state index in [-0.39, 0.29) is 18.0 Å². The first-order chi connectivity index (χ1) is 9.72. The van der Waals surface area contributed by atoms with Crippen LogP contribution in [0.1, 0.15) is 25.0 Å². The maximum absolute atomic E-state index is 12.1. The number of nitrogens with one attached hydrogen (secondary N) is 2. The summed E-state index contributed by atoms with van der Waals surface area (Å²) in [5.41, 5.74) is 0. The lowest BCUT2D eigenvalue weighted by Gasteiger charge is -2.41. The van der Waals surface area contributed by atoms with Crippen molar-refractivity contribution in [2.45, 2.75) is 31.8 Å². The molecular formula is C14H19N3O3. The molecule has 2 atom stereocenters. The fraction of sp³-hybridized carbons (Fsp3) is 0.571. The lowest BCUT2D eigenvalue weighted by atomic mass is 9.85. The molecule has 0 aromatic carbocycles. The molecule has 3 rings (SSSR count). The van der Waals surface area contributed by atoms with E-state index in [1.807, 2.05) is 11.0 Å². The summed E-state index contributed by atoms with van der Waals surface area (Å²) in [6.07, 6.45) is 3.88. The SMILES string of the molecule is O=C1CCC2CN(C(=O)NCc3ccco3)CCC2N1. The van der Waals surface area contributed by atoms with E-state index in [2.05, 4.69) is 10.6 Å². The summed E-state index contributed by atoms with van der Waals surface area (Å²) in [6, 6.07) is 3.82. The Labute approximate surface area is 117 Å². The van der Waals surface area contributed by atoms with Gasteiger partial charge < -0.3 is 20.0 Å². The Balaban J connectivity index is 1.51. The smallest absolute Gasteiger partial charge is 0.317 e. The Bertz CT molecular complexity index is 486. The molecule has 6 nitrogen and oxygen atoms in total. The third-order valence-electron chi connectivity index (χ3n) is 4.10. The first kappa shape index (κ1) is 13.0. The molecule has 108 valence electrons. The number of carbonyl (C=O) groups is 2. The van der Waals surface area contributed by atoms with Crippen LogP contribution >= 0.6 is 0 Å². The quantitative estimate of drug-likeness (QED) is 0.849. The summed E-state index contributed by atoms with van der Waals surface area (Å²) < 4.78 is 5.19. The highest BCUT2D eigenvalue weighted by molar-refractivity contribution is 5.77. The van der Waals surface area contributed by atoms with E-state index in [1.54, 1.807) is 12.3 Å². The zero-order valence-electron chi connectivity index (χ0n) is 11.3.